The molecule has 0 aliphatic heterocycles. The minimum atomic E-state index is 0.654. The lowest BCUT2D eigenvalue weighted by molar-refractivity contribution is 0.992. The quantitative estimate of drug-likeness (QED) is 0.358. The van der Waals surface area contributed by atoms with Crippen molar-refractivity contribution in [3.8, 4) is 45.2 Å². The molecule has 0 atom stereocenters. The van der Waals surface area contributed by atoms with Crippen LogP contribution in [0.25, 0.3) is 45.2 Å². The van der Waals surface area contributed by atoms with Crippen molar-refractivity contribution in [2.24, 2.45) is 0 Å². The zero-order valence-corrected chi connectivity index (χ0v) is 17.1. The van der Waals surface area contributed by atoms with Crippen molar-refractivity contribution in [3.63, 3.8) is 0 Å². The van der Waals surface area contributed by atoms with Gasteiger partial charge in [-0.15, -0.1) is 0 Å². The number of benzene rings is 3. The molecule has 3 aromatic carbocycles. The summed E-state index contributed by atoms with van der Waals surface area (Å²) in [6.45, 7) is 1.90. The molecule has 5 aromatic rings. The SMILES string of the molecule is Cc1nc(-c2ccccc2)nc(-c2cc(-c3ccccc3)cc(-c3ccccn3)c2)n1. The fourth-order valence-electron chi connectivity index (χ4n) is 3.56. The summed E-state index contributed by atoms with van der Waals surface area (Å²) in [7, 11) is 0. The Kier molecular flexibility index (Phi) is 5.03. The molecule has 0 saturated carbocycles. The normalized spacial score (nSPS) is 10.7. The molecule has 0 spiro atoms. The van der Waals surface area contributed by atoms with Crippen molar-refractivity contribution in [1.82, 2.24) is 19.9 Å². The Balaban J connectivity index is 1.70. The highest BCUT2D eigenvalue weighted by molar-refractivity contribution is 5.78. The molecule has 2 aromatic heterocycles. The highest BCUT2D eigenvalue weighted by Crippen LogP contribution is 2.31. The molecule has 0 bridgehead atoms. The second kappa shape index (κ2) is 8.28. The van der Waals surface area contributed by atoms with Crippen molar-refractivity contribution in [2.75, 3.05) is 0 Å². The Morgan fingerprint density at radius 3 is 1.74 bits per heavy atom. The zero-order valence-electron chi connectivity index (χ0n) is 17.1. The number of pyridine rings is 1. The molecule has 148 valence electrons. The molecule has 0 aliphatic rings. The van der Waals surface area contributed by atoms with Crippen molar-refractivity contribution < 1.29 is 0 Å². The summed E-state index contributed by atoms with van der Waals surface area (Å²) in [5.41, 5.74) is 6.07. The molecule has 4 nitrogen and oxygen atoms in total. The first kappa shape index (κ1) is 18.8. The predicted molar refractivity (Wildman–Crippen MR) is 124 cm³/mol. The molecule has 0 aliphatic carbocycles. The molecule has 0 unspecified atom stereocenters. The summed E-state index contributed by atoms with van der Waals surface area (Å²) in [5, 5.41) is 0. The van der Waals surface area contributed by atoms with E-state index in [2.05, 4.69) is 45.3 Å². The van der Waals surface area contributed by atoms with Crippen LogP contribution in [0, 0.1) is 6.92 Å². The van der Waals surface area contributed by atoms with Gasteiger partial charge in [-0.05, 0) is 48.4 Å². The standard InChI is InChI=1S/C27H20N4/c1-19-29-26(21-12-6-3-7-13-21)31-27(30-19)24-17-22(20-10-4-2-5-11-20)16-23(18-24)25-14-8-9-15-28-25/h2-18H,1H3. The van der Waals surface area contributed by atoms with Gasteiger partial charge in [-0.3, -0.25) is 4.98 Å². The van der Waals surface area contributed by atoms with E-state index >= 15 is 0 Å². The third-order valence-electron chi connectivity index (χ3n) is 5.04. The largest absolute Gasteiger partial charge is 0.256 e. The minimum Gasteiger partial charge on any atom is -0.256 e. The molecule has 0 radical (unpaired) electrons. The van der Waals surface area contributed by atoms with Crippen LogP contribution < -0.4 is 0 Å². The molecule has 0 N–H and O–H groups in total. The summed E-state index contributed by atoms with van der Waals surface area (Å²) in [6.07, 6.45) is 1.81. The summed E-state index contributed by atoms with van der Waals surface area (Å²) in [4.78, 5) is 18.6. The van der Waals surface area contributed by atoms with Gasteiger partial charge in [0.05, 0.1) is 5.69 Å². The van der Waals surface area contributed by atoms with Crippen LogP contribution >= 0.6 is 0 Å². The highest BCUT2D eigenvalue weighted by Gasteiger charge is 2.12. The van der Waals surface area contributed by atoms with Crippen LogP contribution in [0.2, 0.25) is 0 Å². The third-order valence-corrected chi connectivity index (χ3v) is 5.04. The van der Waals surface area contributed by atoms with Crippen molar-refractivity contribution >= 4 is 0 Å². The molecule has 31 heavy (non-hydrogen) atoms. The summed E-state index contributed by atoms with van der Waals surface area (Å²) in [5.74, 6) is 2.02. The summed E-state index contributed by atoms with van der Waals surface area (Å²) < 4.78 is 0. The number of hydrogen-bond acceptors (Lipinski definition) is 4. The zero-order chi connectivity index (χ0) is 21.0. The Bertz CT molecular complexity index is 1260. The van der Waals surface area contributed by atoms with Crippen molar-refractivity contribution in [2.45, 2.75) is 6.92 Å². The van der Waals surface area contributed by atoms with Gasteiger partial charge in [-0.1, -0.05) is 66.7 Å². The van der Waals surface area contributed by atoms with E-state index in [-0.39, 0.29) is 0 Å². The Morgan fingerprint density at radius 2 is 1.06 bits per heavy atom. The van der Waals surface area contributed by atoms with E-state index in [1.807, 2.05) is 79.9 Å². The Morgan fingerprint density at radius 1 is 0.484 bits per heavy atom. The van der Waals surface area contributed by atoms with Crippen LogP contribution in [-0.2, 0) is 0 Å². The number of nitrogens with zero attached hydrogens (tertiary/aromatic N) is 4. The molecule has 4 heteroatoms. The van der Waals surface area contributed by atoms with Gasteiger partial charge in [0.1, 0.15) is 5.82 Å². The predicted octanol–water partition coefficient (Wildman–Crippen LogP) is 6.24. The molecular weight excluding hydrogens is 380 g/mol. The van der Waals surface area contributed by atoms with Crippen LogP contribution in [0.1, 0.15) is 5.82 Å². The van der Waals surface area contributed by atoms with E-state index < -0.39 is 0 Å². The van der Waals surface area contributed by atoms with E-state index in [1.54, 1.807) is 0 Å². The van der Waals surface area contributed by atoms with E-state index in [1.165, 1.54) is 0 Å². The maximum absolute atomic E-state index is 4.80. The lowest BCUT2D eigenvalue weighted by Gasteiger charge is -2.11. The number of aryl methyl sites for hydroxylation is 1. The Labute approximate surface area is 181 Å². The molecular formula is C27H20N4. The van der Waals surface area contributed by atoms with E-state index in [0.29, 0.717) is 17.5 Å². The first-order valence-electron chi connectivity index (χ1n) is 10.2. The topological polar surface area (TPSA) is 51.6 Å². The van der Waals surface area contributed by atoms with Gasteiger partial charge < -0.3 is 0 Å². The second-order valence-corrected chi connectivity index (χ2v) is 7.28. The maximum atomic E-state index is 4.80. The van der Waals surface area contributed by atoms with Gasteiger partial charge in [0.25, 0.3) is 0 Å². The molecule has 5 rings (SSSR count). The number of rotatable bonds is 4. The van der Waals surface area contributed by atoms with Crippen LogP contribution in [-0.4, -0.2) is 19.9 Å². The van der Waals surface area contributed by atoms with Crippen molar-refractivity contribution in [1.29, 1.82) is 0 Å². The van der Waals surface area contributed by atoms with Gasteiger partial charge in [0.2, 0.25) is 0 Å². The van der Waals surface area contributed by atoms with Crippen LogP contribution in [0.4, 0.5) is 0 Å². The van der Waals surface area contributed by atoms with Gasteiger partial charge >= 0.3 is 0 Å². The smallest absolute Gasteiger partial charge is 0.163 e. The van der Waals surface area contributed by atoms with Gasteiger partial charge in [-0.25, -0.2) is 15.0 Å². The minimum absolute atomic E-state index is 0.654. The van der Waals surface area contributed by atoms with Crippen LogP contribution in [0.3, 0.4) is 0 Å². The Hall–Kier alpha value is -4.18. The fourth-order valence-corrected chi connectivity index (χ4v) is 3.56. The van der Waals surface area contributed by atoms with Crippen LogP contribution in [0.15, 0.2) is 103 Å². The lowest BCUT2D eigenvalue weighted by Crippen LogP contribution is -2.00. The molecule has 0 amide bonds. The van der Waals surface area contributed by atoms with Gasteiger partial charge in [-0.2, -0.15) is 0 Å². The van der Waals surface area contributed by atoms with Crippen LogP contribution in [0.5, 0.6) is 0 Å². The number of hydrogen-bond donors (Lipinski definition) is 0. The molecule has 0 fully saturated rings. The van der Waals surface area contributed by atoms with E-state index in [4.69, 9.17) is 4.98 Å². The fraction of sp³-hybridized carbons (Fsp3) is 0.0370. The summed E-state index contributed by atoms with van der Waals surface area (Å²) in [6, 6.07) is 32.6. The summed E-state index contributed by atoms with van der Waals surface area (Å²) >= 11 is 0. The maximum Gasteiger partial charge on any atom is 0.163 e. The van der Waals surface area contributed by atoms with Crippen molar-refractivity contribution in [3.05, 3.63) is 109 Å². The van der Waals surface area contributed by atoms with Gasteiger partial charge in [0, 0.05) is 22.9 Å². The van der Waals surface area contributed by atoms with E-state index in [0.717, 1.165) is 33.5 Å². The average Bonchev–Trinajstić information content (AvgIpc) is 2.85. The third kappa shape index (κ3) is 4.09. The molecule has 2 heterocycles. The first-order chi connectivity index (χ1) is 15.3. The second-order valence-electron chi connectivity index (χ2n) is 7.28. The lowest BCUT2D eigenvalue weighted by atomic mass is 9.97. The molecule has 0 saturated heterocycles. The average molecular weight is 400 g/mol. The van der Waals surface area contributed by atoms with E-state index in [9.17, 15) is 0 Å². The monoisotopic (exact) mass is 400 g/mol. The van der Waals surface area contributed by atoms with Gasteiger partial charge in [0.15, 0.2) is 11.6 Å². The highest BCUT2D eigenvalue weighted by atomic mass is 15.0. The first-order valence-corrected chi connectivity index (χ1v) is 10.2. The number of aromatic nitrogens is 4.